The summed E-state index contributed by atoms with van der Waals surface area (Å²) in [4.78, 5) is 27.5. The van der Waals surface area contributed by atoms with Crippen LogP contribution in [0.1, 0.15) is 174 Å². The van der Waals surface area contributed by atoms with Crippen LogP contribution in [0, 0.1) is 5.92 Å². The number of hydrogen-bond donors (Lipinski definition) is 0. The Labute approximate surface area is 227 Å². The maximum absolute atomic E-state index is 12.9. The molecule has 0 aliphatic rings. The van der Waals surface area contributed by atoms with Crippen LogP contribution in [-0.2, 0) is 9.59 Å². The minimum Gasteiger partial charge on any atom is -0.309 e. The molecule has 1 unspecified atom stereocenters. The third-order valence-corrected chi connectivity index (χ3v) is 7.60. The van der Waals surface area contributed by atoms with Crippen LogP contribution < -0.4 is 0 Å². The fraction of sp³-hybridized carbons (Fsp3) is 0.939. The van der Waals surface area contributed by atoms with Gasteiger partial charge < -0.3 is 4.90 Å². The second-order valence-corrected chi connectivity index (χ2v) is 11.7. The van der Waals surface area contributed by atoms with Crippen molar-refractivity contribution in [2.45, 2.75) is 174 Å². The second-order valence-electron chi connectivity index (χ2n) is 11.7. The molecule has 0 heterocycles. The highest BCUT2D eigenvalue weighted by Gasteiger charge is 2.21. The maximum Gasteiger partial charge on any atom is 0.137 e. The monoisotopic (exact) mass is 508 g/mol. The molecule has 214 valence electrons. The van der Waals surface area contributed by atoms with Crippen molar-refractivity contribution in [3.8, 4) is 0 Å². The maximum atomic E-state index is 12.9. The van der Waals surface area contributed by atoms with Crippen LogP contribution in [0.15, 0.2) is 0 Å². The van der Waals surface area contributed by atoms with Crippen LogP contribution >= 0.6 is 0 Å². The lowest BCUT2D eigenvalue weighted by Gasteiger charge is -2.19. The predicted molar refractivity (Wildman–Crippen MR) is 159 cm³/mol. The van der Waals surface area contributed by atoms with Gasteiger partial charge in [0.15, 0.2) is 0 Å². The summed E-state index contributed by atoms with van der Waals surface area (Å²) in [5.41, 5.74) is 0. The Morgan fingerprint density at radius 2 is 0.833 bits per heavy atom. The van der Waals surface area contributed by atoms with Crippen molar-refractivity contribution in [1.29, 1.82) is 0 Å². The number of unbranched alkanes of at least 4 members (excludes halogenated alkanes) is 20. The van der Waals surface area contributed by atoms with Crippen molar-refractivity contribution < 1.29 is 9.59 Å². The molecule has 3 nitrogen and oxygen atoms in total. The predicted octanol–water partition coefficient (Wildman–Crippen LogP) is 10.1. The van der Waals surface area contributed by atoms with Gasteiger partial charge in [-0.1, -0.05) is 142 Å². The molecule has 0 aromatic heterocycles. The molecular formula is C33H65NO2. The van der Waals surface area contributed by atoms with Crippen molar-refractivity contribution in [2.24, 2.45) is 5.92 Å². The van der Waals surface area contributed by atoms with Crippen molar-refractivity contribution in [1.82, 2.24) is 4.90 Å². The first kappa shape index (κ1) is 35.3. The van der Waals surface area contributed by atoms with E-state index in [4.69, 9.17) is 0 Å². The standard InChI is InChI=1S/C33H65NO2/c1-5-7-9-11-13-15-17-19-21-23-25-27-32(35)29-31(30-34(3)4)33(36)28-26-24-22-20-18-16-14-12-10-8-6-2/h31H,5-30H2,1-4H3. The molecule has 1 atom stereocenters. The molecule has 36 heavy (non-hydrogen) atoms. The summed E-state index contributed by atoms with van der Waals surface area (Å²) < 4.78 is 0. The average molecular weight is 508 g/mol. The van der Waals surface area contributed by atoms with Gasteiger partial charge in [0.2, 0.25) is 0 Å². The van der Waals surface area contributed by atoms with E-state index >= 15 is 0 Å². The van der Waals surface area contributed by atoms with Crippen LogP contribution in [-0.4, -0.2) is 37.1 Å². The first-order chi connectivity index (χ1) is 17.5. The quantitative estimate of drug-likeness (QED) is 0.0945. The van der Waals surface area contributed by atoms with E-state index in [1.165, 1.54) is 116 Å². The van der Waals surface area contributed by atoms with Gasteiger partial charge in [-0.3, -0.25) is 9.59 Å². The summed E-state index contributed by atoms with van der Waals surface area (Å²) in [7, 11) is 4.02. The summed E-state index contributed by atoms with van der Waals surface area (Å²) >= 11 is 0. The lowest BCUT2D eigenvalue weighted by molar-refractivity contribution is -0.128. The van der Waals surface area contributed by atoms with Crippen molar-refractivity contribution in [2.75, 3.05) is 20.6 Å². The van der Waals surface area contributed by atoms with Crippen LogP contribution in [0.2, 0.25) is 0 Å². The fourth-order valence-electron chi connectivity index (χ4n) is 5.25. The Morgan fingerprint density at radius 3 is 1.19 bits per heavy atom. The van der Waals surface area contributed by atoms with Gasteiger partial charge in [-0.25, -0.2) is 0 Å². The SMILES string of the molecule is CCCCCCCCCCCCCC(=O)CC(CN(C)C)C(=O)CCCCCCCCCCCCC. The highest BCUT2D eigenvalue weighted by Crippen LogP contribution is 2.17. The van der Waals surface area contributed by atoms with Crippen LogP contribution in [0.3, 0.4) is 0 Å². The van der Waals surface area contributed by atoms with Crippen LogP contribution in [0.25, 0.3) is 0 Å². The Hall–Kier alpha value is -0.700. The molecule has 0 aromatic carbocycles. The van der Waals surface area contributed by atoms with E-state index in [2.05, 4.69) is 18.7 Å². The number of ketones is 2. The third-order valence-electron chi connectivity index (χ3n) is 7.60. The molecule has 0 bridgehead atoms. The minimum absolute atomic E-state index is 0.108. The number of hydrogen-bond acceptors (Lipinski definition) is 3. The van der Waals surface area contributed by atoms with E-state index in [1.54, 1.807) is 0 Å². The fourth-order valence-corrected chi connectivity index (χ4v) is 5.25. The Kier molecular flexibility index (Phi) is 26.8. The Morgan fingerprint density at radius 1 is 0.500 bits per heavy atom. The molecule has 0 N–H and O–H groups in total. The van der Waals surface area contributed by atoms with Gasteiger partial charge in [-0.15, -0.1) is 0 Å². The van der Waals surface area contributed by atoms with E-state index in [9.17, 15) is 9.59 Å². The summed E-state index contributed by atoms with van der Waals surface area (Å²) in [6.07, 6.45) is 30.4. The number of carbonyl (C=O) groups is 2. The first-order valence-electron chi connectivity index (χ1n) is 16.2. The zero-order valence-electron chi connectivity index (χ0n) is 25.2. The van der Waals surface area contributed by atoms with Gasteiger partial charge in [-0.05, 0) is 26.9 Å². The largest absolute Gasteiger partial charge is 0.309 e. The lowest BCUT2D eigenvalue weighted by Crippen LogP contribution is -2.29. The summed E-state index contributed by atoms with van der Waals surface area (Å²) in [6.45, 7) is 5.25. The molecule has 0 spiro atoms. The molecule has 0 radical (unpaired) electrons. The molecule has 0 saturated heterocycles. The van der Waals surface area contributed by atoms with Crippen molar-refractivity contribution in [3.63, 3.8) is 0 Å². The zero-order chi connectivity index (χ0) is 26.7. The molecule has 0 aliphatic carbocycles. The Balaban J connectivity index is 3.85. The third kappa shape index (κ3) is 25.0. The van der Waals surface area contributed by atoms with Gasteiger partial charge >= 0.3 is 0 Å². The van der Waals surface area contributed by atoms with Crippen LogP contribution in [0.4, 0.5) is 0 Å². The van der Waals surface area contributed by atoms with E-state index in [0.717, 1.165) is 25.7 Å². The van der Waals surface area contributed by atoms with Crippen molar-refractivity contribution in [3.05, 3.63) is 0 Å². The van der Waals surface area contributed by atoms with Gasteiger partial charge in [0.1, 0.15) is 11.6 Å². The van der Waals surface area contributed by atoms with Gasteiger partial charge in [0, 0.05) is 31.7 Å². The van der Waals surface area contributed by atoms with E-state index in [0.29, 0.717) is 37.4 Å². The minimum atomic E-state index is -0.108. The molecule has 0 aliphatic heterocycles. The van der Waals surface area contributed by atoms with Crippen LogP contribution in [0.5, 0.6) is 0 Å². The first-order valence-corrected chi connectivity index (χ1v) is 16.2. The molecule has 0 aromatic rings. The smallest absolute Gasteiger partial charge is 0.137 e. The number of rotatable bonds is 29. The van der Waals surface area contributed by atoms with E-state index in [-0.39, 0.29) is 5.92 Å². The molecule has 0 fully saturated rings. The molecular weight excluding hydrogens is 442 g/mol. The highest BCUT2D eigenvalue weighted by molar-refractivity contribution is 5.88. The second kappa shape index (κ2) is 27.3. The topological polar surface area (TPSA) is 37.4 Å². The molecule has 0 saturated carbocycles. The lowest BCUT2D eigenvalue weighted by atomic mass is 9.91. The van der Waals surface area contributed by atoms with E-state index < -0.39 is 0 Å². The summed E-state index contributed by atoms with van der Waals surface area (Å²) in [5.74, 6) is 0.500. The van der Waals surface area contributed by atoms with Gasteiger partial charge in [0.25, 0.3) is 0 Å². The zero-order valence-corrected chi connectivity index (χ0v) is 25.2. The van der Waals surface area contributed by atoms with Gasteiger partial charge in [-0.2, -0.15) is 0 Å². The summed E-state index contributed by atoms with van der Waals surface area (Å²) in [6, 6.07) is 0. The number of Topliss-reactive ketones (excluding diaryl/α,β-unsaturated/α-hetero) is 2. The normalized spacial score (nSPS) is 12.4. The number of nitrogens with zero attached hydrogens (tertiary/aromatic N) is 1. The van der Waals surface area contributed by atoms with E-state index in [1.807, 2.05) is 14.1 Å². The van der Waals surface area contributed by atoms with Gasteiger partial charge in [0.05, 0.1) is 0 Å². The molecule has 0 amide bonds. The average Bonchev–Trinajstić information content (AvgIpc) is 2.85. The Bertz CT molecular complexity index is 488. The molecule has 0 rings (SSSR count). The molecule has 3 heteroatoms. The van der Waals surface area contributed by atoms with Crippen molar-refractivity contribution >= 4 is 11.6 Å². The number of carbonyl (C=O) groups excluding carboxylic acids is 2. The highest BCUT2D eigenvalue weighted by atomic mass is 16.1. The summed E-state index contributed by atoms with van der Waals surface area (Å²) in [5, 5.41) is 0.